The Morgan fingerprint density at radius 2 is 2.06 bits per heavy atom. The number of nitrogens with zero attached hydrogens (tertiary/aromatic N) is 1. The zero-order chi connectivity index (χ0) is 20.7. The van der Waals surface area contributed by atoms with Crippen LogP contribution in [0.3, 0.4) is 0 Å². The highest BCUT2D eigenvalue weighted by Crippen LogP contribution is 2.73. The number of hydrogen-bond acceptors (Lipinski definition) is 2. The Morgan fingerprint density at radius 1 is 1.10 bits per heavy atom. The minimum atomic E-state index is 0.383. The quantitative estimate of drug-likeness (QED) is 0.577. The second-order valence-corrected chi connectivity index (χ2v) is 11.6. The first-order valence-electron chi connectivity index (χ1n) is 12.6. The molecule has 2 heteroatoms. The highest BCUT2D eigenvalue weighted by molar-refractivity contribution is 5.82. The maximum absolute atomic E-state index is 4.39. The van der Waals surface area contributed by atoms with E-state index in [4.69, 9.17) is 0 Å². The van der Waals surface area contributed by atoms with Gasteiger partial charge in [-0.2, -0.15) is 0 Å². The predicted octanol–water partition coefficient (Wildman–Crippen LogP) is 6.54. The zero-order valence-corrected chi connectivity index (χ0v) is 18.8. The van der Waals surface area contributed by atoms with E-state index in [1.807, 2.05) is 12.4 Å². The number of fused-ring (bicyclic) bond motifs is 2. The molecule has 1 saturated heterocycles. The molecule has 2 saturated carbocycles. The molecular weight excluding hydrogens is 376 g/mol. The van der Waals surface area contributed by atoms with Crippen molar-refractivity contribution in [3.8, 4) is 0 Å². The molecular formula is C29H34N2. The number of rotatable bonds is 1. The van der Waals surface area contributed by atoms with E-state index in [9.17, 15) is 0 Å². The minimum Gasteiger partial charge on any atom is -0.316 e. The van der Waals surface area contributed by atoms with Crippen LogP contribution in [0.5, 0.6) is 0 Å². The summed E-state index contributed by atoms with van der Waals surface area (Å²) in [5.74, 6) is 1.50. The summed E-state index contributed by atoms with van der Waals surface area (Å²) < 4.78 is 0. The predicted molar refractivity (Wildman–Crippen MR) is 127 cm³/mol. The molecule has 4 aliphatic carbocycles. The van der Waals surface area contributed by atoms with Gasteiger partial charge in [-0.1, -0.05) is 36.8 Å². The van der Waals surface area contributed by atoms with Crippen molar-refractivity contribution in [2.45, 2.75) is 64.2 Å². The summed E-state index contributed by atoms with van der Waals surface area (Å²) in [4.78, 5) is 4.39. The van der Waals surface area contributed by atoms with E-state index in [0.29, 0.717) is 22.2 Å². The van der Waals surface area contributed by atoms with Crippen LogP contribution in [0, 0.1) is 22.2 Å². The first kappa shape index (κ1) is 18.6. The van der Waals surface area contributed by atoms with Crippen molar-refractivity contribution in [1.29, 1.82) is 0 Å². The average Bonchev–Trinajstić information content (AvgIpc) is 3.23. The van der Waals surface area contributed by atoms with E-state index in [1.54, 1.807) is 16.7 Å². The molecule has 2 heterocycles. The molecule has 0 radical (unpaired) electrons. The number of pyridine rings is 1. The van der Waals surface area contributed by atoms with Crippen molar-refractivity contribution in [3.63, 3.8) is 0 Å². The first-order valence-corrected chi connectivity index (χ1v) is 12.6. The Kier molecular flexibility index (Phi) is 3.79. The van der Waals surface area contributed by atoms with Gasteiger partial charge in [0, 0.05) is 29.7 Å². The number of aromatic nitrogens is 1. The van der Waals surface area contributed by atoms with Crippen LogP contribution in [0.2, 0.25) is 0 Å². The minimum absolute atomic E-state index is 0.383. The Labute approximate surface area is 186 Å². The monoisotopic (exact) mass is 410 g/mol. The van der Waals surface area contributed by atoms with Crippen LogP contribution in [0.4, 0.5) is 0 Å². The number of hydrogen-bond donors (Lipinski definition) is 1. The van der Waals surface area contributed by atoms with E-state index in [1.165, 1.54) is 75.2 Å². The van der Waals surface area contributed by atoms with Crippen molar-refractivity contribution in [3.05, 3.63) is 65.5 Å². The number of benzene rings is 1. The van der Waals surface area contributed by atoms with Gasteiger partial charge in [-0.05, 0) is 109 Å². The fourth-order valence-corrected chi connectivity index (χ4v) is 8.97. The molecule has 5 atom stereocenters. The Balaban J connectivity index is 1.31. The van der Waals surface area contributed by atoms with Gasteiger partial charge in [0.25, 0.3) is 0 Å². The van der Waals surface area contributed by atoms with Crippen molar-refractivity contribution in [1.82, 2.24) is 10.3 Å². The molecule has 2 bridgehead atoms. The topological polar surface area (TPSA) is 24.9 Å². The summed E-state index contributed by atoms with van der Waals surface area (Å²) in [6.45, 7) is 5.06. The van der Waals surface area contributed by atoms with Crippen LogP contribution in [-0.2, 0) is 0 Å². The number of nitrogens with one attached hydrogen (secondary N) is 1. The van der Waals surface area contributed by atoms with Crippen molar-refractivity contribution in [2.75, 3.05) is 13.1 Å². The van der Waals surface area contributed by atoms with Gasteiger partial charge in [-0.15, -0.1) is 0 Å². The van der Waals surface area contributed by atoms with E-state index >= 15 is 0 Å². The van der Waals surface area contributed by atoms with Gasteiger partial charge >= 0.3 is 0 Å². The van der Waals surface area contributed by atoms with Gasteiger partial charge in [0.05, 0.1) is 0 Å². The Bertz CT molecular complexity index is 1130. The highest BCUT2D eigenvalue weighted by Gasteiger charge is 2.64. The molecule has 1 aromatic carbocycles. The summed E-state index contributed by atoms with van der Waals surface area (Å²) in [5.41, 5.74) is 6.36. The van der Waals surface area contributed by atoms with Gasteiger partial charge in [0.1, 0.15) is 0 Å². The summed E-state index contributed by atoms with van der Waals surface area (Å²) >= 11 is 0. The standard InChI is InChI=1S/C29H34N2/c1-27-10-8-24-16-23-3-2-13-31-19-28(23)11-12-29(24,18-28)26(27)7-6-25(27)21-5-4-20-9-14-30-17-22(20)15-21/h4-5,8-9,14-17,25-26,31H,2-3,6-7,10-13,18-19H2,1H3/t25-,26-,27-,28-,29-/m1/s1. The lowest BCUT2D eigenvalue weighted by atomic mass is 9.50. The van der Waals surface area contributed by atoms with Crippen molar-refractivity contribution >= 4 is 10.8 Å². The van der Waals surface area contributed by atoms with E-state index in [0.717, 1.165) is 5.92 Å². The Morgan fingerprint density at radius 3 is 3.03 bits per heavy atom. The molecule has 0 unspecified atom stereocenters. The third-order valence-electron chi connectivity index (χ3n) is 10.4. The molecule has 160 valence electrons. The summed E-state index contributed by atoms with van der Waals surface area (Å²) in [7, 11) is 0. The molecule has 1 aromatic heterocycles. The zero-order valence-electron chi connectivity index (χ0n) is 18.8. The molecule has 5 aliphatic rings. The highest BCUT2D eigenvalue weighted by atomic mass is 14.9. The molecule has 1 N–H and O–H groups in total. The molecule has 3 fully saturated rings. The van der Waals surface area contributed by atoms with Gasteiger partial charge in [-0.3, -0.25) is 4.98 Å². The summed E-state index contributed by atoms with van der Waals surface area (Å²) in [5, 5.41) is 6.42. The van der Waals surface area contributed by atoms with Gasteiger partial charge in [0.2, 0.25) is 0 Å². The lowest BCUT2D eigenvalue weighted by Crippen LogP contribution is -2.46. The number of allylic oxidation sites excluding steroid dienone is 3. The fraction of sp³-hybridized carbons (Fsp3) is 0.552. The van der Waals surface area contributed by atoms with Crippen LogP contribution in [0.15, 0.2) is 60.0 Å². The molecule has 7 rings (SSSR count). The lowest BCUT2D eigenvalue weighted by molar-refractivity contribution is 0.0595. The van der Waals surface area contributed by atoms with Gasteiger partial charge in [0.15, 0.2) is 0 Å². The second-order valence-electron chi connectivity index (χ2n) is 11.6. The largest absolute Gasteiger partial charge is 0.316 e. The SMILES string of the molecule is C[C@]12CC=C3C=C4CCCNC[C@]45CC[C@]3(C5)[C@@H]1CC[C@@H]2c1ccc2ccncc2c1. The van der Waals surface area contributed by atoms with Gasteiger partial charge < -0.3 is 5.32 Å². The van der Waals surface area contributed by atoms with Crippen LogP contribution in [0.25, 0.3) is 10.8 Å². The summed E-state index contributed by atoms with van der Waals surface area (Å²) in [6.07, 6.45) is 20.2. The smallest absolute Gasteiger partial charge is 0.0346 e. The van der Waals surface area contributed by atoms with Crippen LogP contribution >= 0.6 is 0 Å². The maximum atomic E-state index is 4.39. The van der Waals surface area contributed by atoms with E-state index in [-0.39, 0.29) is 0 Å². The Hall–Kier alpha value is -1.93. The lowest BCUT2D eigenvalue weighted by Gasteiger charge is -2.53. The molecule has 2 nitrogen and oxygen atoms in total. The second kappa shape index (κ2) is 6.32. The first-order chi connectivity index (χ1) is 15.1. The van der Waals surface area contributed by atoms with Crippen molar-refractivity contribution in [2.24, 2.45) is 22.2 Å². The third-order valence-corrected chi connectivity index (χ3v) is 10.4. The summed E-state index contributed by atoms with van der Waals surface area (Å²) in [6, 6.07) is 9.32. The molecule has 0 amide bonds. The van der Waals surface area contributed by atoms with Crippen molar-refractivity contribution < 1.29 is 0 Å². The molecule has 2 aromatic rings. The molecule has 31 heavy (non-hydrogen) atoms. The van der Waals surface area contributed by atoms with Crippen LogP contribution < -0.4 is 5.32 Å². The molecule has 2 spiro atoms. The van der Waals surface area contributed by atoms with Gasteiger partial charge in [-0.25, -0.2) is 0 Å². The molecule has 1 aliphatic heterocycles. The normalized spacial score (nSPS) is 41.1. The van der Waals surface area contributed by atoms with Crippen LogP contribution in [0.1, 0.15) is 69.8 Å². The van der Waals surface area contributed by atoms with E-state index < -0.39 is 0 Å². The third kappa shape index (κ3) is 2.40. The van der Waals surface area contributed by atoms with E-state index in [2.05, 4.69) is 53.6 Å². The average molecular weight is 411 g/mol. The van der Waals surface area contributed by atoms with Crippen LogP contribution in [-0.4, -0.2) is 18.1 Å². The fourth-order valence-electron chi connectivity index (χ4n) is 8.97. The maximum Gasteiger partial charge on any atom is 0.0346 e.